The van der Waals surface area contributed by atoms with Crippen molar-refractivity contribution in [2.75, 3.05) is 30.3 Å². The van der Waals surface area contributed by atoms with Gasteiger partial charge in [0.2, 0.25) is 0 Å². The SMILES string of the molecule is CC(C)(O)c1nnc(Nc2cnc(C#N)cn2)cc1NCC1CCNCC1. The van der Waals surface area contributed by atoms with Gasteiger partial charge in [-0.05, 0) is 45.7 Å². The van der Waals surface area contributed by atoms with Gasteiger partial charge < -0.3 is 21.1 Å². The Balaban J connectivity index is 1.77. The van der Waals surface area contributed by atoms with Gasteiger partial charge in [0.15, 0.2) is 11.5 Å². The molecule has 1 saturated heterocycles. The minimum atomic E-state index is -1.11. The third-order valence-corrected chi connectivity index (χ3v) is 4.44. The molecule has 4 N–H and O–H groups in total. The summed E-state index contributed by atoms with van der Waals surface area (Å²) in [5, 5.41) is 37.4. The van der Waals surface area contributed by atoms with Gasteiger partial charge in [0, 0.05) is 12.6 Å². The smallest absolute Gasteiger partial charge is 0.158 e. The van der Waals surface area contributed by atoms with Gasteiger partial charge in [0.05, 0.1) is 18.1 Å². The van der Waals surface area contributed by atoms with E-state index in [1.165, 1.54) is 12.4 Å². The van der Waals surface area contributed by atoms with Gasteiger partial charge in [-0.1, -0.05) is 0 Å². The summed E-state index contributed by atoms with van der Waals surface area (Å²) in [7, 11) is 0. The maximum absolute atomic E-state index is 10.4. The van der Waals surface area contributed by atoms with E-state index < -0.39 is 5.60 Å². The van der Waals surface area contributed by atoms with Crippen LogP contribution in [-0.4, -0.2) is 44.9 Å². The van der Waals surface area contributed by atoms with Crippen LogP contribution in [0.1, 0.15) is 38.1 Å². The molecule has 0 amide bonds. The van der Waals surface area contributed by atoms with Gasteiger partial charge in [-0.3, -0.25) is 0 Å². The monoisotopic (exact) mass is 368 g/mol. The van der Waals surface area contributed by atoms with E-state index in [9.17, 15) is 5.11 Å². The minimum Gasteiger partial charge on any atom is -0.384 e. The molecule has 9 heteroatoms. The molecule has 0 aromatic carbocycles. The summed E-state index contributed by atoms with van der Waals surface area (Å²) in [6.07, 6.45) is 5.09. The van der Waals surface area contributed by atoms with Gasteiger partial charge in [0.25, 0.3) is 0 Å². The third kappa shape index (κ3) is 5.09. The lowest BCUT2D eigenvalue weighted by Gasteiger charge is -2.25. The Morgan fingerprint density at radius 2 is 2.00 bits per heavy atom. The van der Waals surface area contributed by atoms with Crippen molar-refractivity contribution in [3.8, 4) is 6.07 Å². The molecule has 1 fully saturated rings. The topological polar surface area (TPSA) is 132 Å². The molecule has 2 aromatic heterocycles. The first-order chi connectivity index (χ1) is 13.0. The average molecular weight is 368 g/mol. The largest absolute Gasteiger partial charge is 0.384 e. The summed E-state index contributed by atoms with van der Waals surface area (Å²) in [5.41, 5.74) is 0.359. The third-order valence-electron chi connectivity index (χ3n) is 4.44. The summed E-state index contributed by atoms with van der Waals surface area (Å²) in [4.78, 5) is 8.10. The summed E-state index contributed by atoms with van der Waals surface area (Å²) in [5.74, 6) is 1.52. The van der Waals surface area contributed by atoms with Crippen LogP contribution in [-0.2, 0) is 5.60 Å². The number of anilines is 3. The van der Waals surface area contributed by atoms with Crippen molar-refractivity contribution in [3.63, 3.8) is 0 Å². The summed E-state index contributed by atoms with van der Waals surface area (Å²) < 4.78 is 0. The molecule has 142 valence electrons. The summed E-state index contributed by atoms with van der Waals surface area (Å²) in [6.45, 7) is 6.25. The zero-order valence-electron chi connectivity index (χ0n) is 15.5. The Kier molecular flexibility index (Phi) is 5.78. The van der Waals surface area contributed by atoms with E-state index in [1.807, 2.05) is 6.07 Å². The zero-order valence-corrected chi connectivity index (χ0v) is 15.5. The number of rotatable bonds is 6. The molecule has 0 atom stereocenters. The quantitative estimate of drug-likeness (QED) is 0.599. The molecule has 0 spiro atoms. The molecular formula is C18H24N8O. The molecule has 9 nitrogen and oxygen atoms in total. The number of nitriles is 1. The number of hydrogen-bond acceptors (Lipinski definition) is 9. The second kappa shape index (κ2) is 8.24. The first kappa shape index (κ1) is 18.9. The van der Waals surface area contributed by atoms with Gasteiger partial charge in [-0.15, -0.1) is 10.2 Å². The highest BCUT2D eigenvalue weighted by Crippen LogP contribution is 2.28. The number of aliphatic hydroxyl groups is 1. The molecule has 0 saturated carbocycles. The molecule has 2 aromatic rings. The Hall–Kier alpha value is -2.83. The van der Waals surface area contributed by atoms with E-state index in [0.717, 1.165) is 38.2 Å². The lowest BCUT2D eigenvalue weighted by atomic mass is 9.97. The van der Waals surface area contributed by atoms with Crippen LogP contribution in [0.4, 0.5) is 17.3 Å². The number of piperidine rings is 1. The summed E-state index contributed by atoms with van der Waals surface area (Å²) in [6, 6.07) is 3.73. The van der Waals surface area contributed by atoms with Crippen LogP contribution in [0.25, 0.3) is 0 Å². The van der Waals surface area contributed by atoms with Gasteiger partial charge in [-0.2, -0.15) is 5.26 Å². The van der Waals surface area contributed by atoms with Crippen molar-refractivity contribution < 1.29 is 5.11 Å². The normalized spacial score (nSPS) is 15.2. The van der Waals surface area contributed by atoms with Crippen molar-refractivity contribution in [2.24, 2.45) is 5.92 Å². The fraction of sp³-hybridized carbons (Fsp3) is 0.500. The molecule has 1 aliphatic heterocycles. The highest BCUT2D eigenvalue weighted by atomic mass is 16.3. The average Bonchev–Trinajstić information content (AvgIpc) is 2.67. The van der Waals surface area contributed by atoms with Crippen molar-refractivity contribution in [3.05, 3.63) is 29.8 Å². The Labute approximate surface area is 158 Å². The molecule has 0 bridgehead atoms. The highest BCUT2D eigenvalue weighted by molar-refractivity contribution is 5.60. The molecule has 0 unspecified atom stereocenters. The van der Waals surface area contributed by atoms with Crippen molar-refractivity contribution in [2.45, 2.75) is 32.3 Å². The van der Waals surface area contributed by atoms with Gasteiger partial charge >= 0.3 is 0 Å². The minimum absolute atomic E-state index is 0.244. The van der Waals surface area contributed by atoms with Gasteiger partial charge in [0.1, 0.15) is 23.2 Å². The van der Waals surface area contributed by atoms with Crippen LogP contribution in [0, 0.1) is 17.2 Å². The predicted molar refractivity (Wildman–Crippen MR) is 101 cm³/mol. The zero-order chi connectivity index (χ0) is 19.3. The fourth-order valence-corrected chi connectivity index (χ4v) is 2.96. The Morgan fingerprint density at radius 1 is 1.22 bits per heavy atom. The fourth-order valence-electron chi connectivity index (χ4n) is 2.96. The molecule has 0 aliphatic carbocycles. The molecule has 1 aliphatic rings. The van der Waals surface area contributed by atoms with Crippen LogP contribution < -0.4 is 16.0 Å². The first-order valence-electron chi connectivity index (χ1n) is 9.00. The second-order valence-corrected chi connectivity index (χ2v) is 7.15. The van der Waals surface area contributed by atoms with E-state index in [0.29, 0.717) is 23.2 Å². The van der Waals surface area contributed by atoms with Crippen LogP contribution in [0.15, 0.2) is 18.5 Å². The maximum atomic E-state index is 10.4. The van der Waals surface area contributed by atoms with Crippen molar-refractivity contribution >= 4 is 17.3 Å². The van der Waals surface area contributed by atoms with Crippen LogP contribution >= 0.6 is 0 Å². The number of aromatic nitrogens is 4. The Bertz CT molecular complexity index is 804. The molecule has 0 radical (unpaired) electrons. The lowest BCUT2D eigenvalue weighted by molar-refractivity contribution is 0.0736. The van der Waals surface area contributed by atoms with Crippen molar-refractivity contribution in [1.29, 1.82) is 5.26 Å². The maximum Gasteiger partial charge on any atom is 0.158 e. The van der Waals surface area contributed by atoms with E-state index in [4.69, 9.17) is 5.26 Å². The van der Waals surface area contributed by atoms with E-state index in [-0.39, 0.29) is 5.69 Å². The van der Waals surface area contributed by atoms with E-state index in [1.54, 1.807) is 19.9 Å². The van der Waals surface area contributed by atoms with Crippen molar-refractivity contribution in [1.82, 2.24) is 25.5 Å². The van der Waals surface area contributed by atoms with Crippen LogP contribution in [0.5, 0.6) is 0 Å². The molecule has 3 rings (SSSR count). The van der Waals surface area contributed by atoms with E-state index in [2.05, 4.69) is 36.1 Å². The van der Waals surface area contributed by atoms with E-state index >= 15 is 0 Å². The highest BCUT2D eigenvalue weighted by Gasteiger charge is 2.24. The number of hydrogen-bond donors (Lipinski definition) is 4. The lowest BCUT2D eigenvalue weighted by Crippen LogP contribution is -2.31. The van der Waals surface area contributed by atoms with Gasteiger partial charge in [-0.25, -0.2) is 9.97 Å². The first-order valence-corrected chi connectivity index (χ1v) is 9.00. The Morgan fingerprint density at radius 3 is 2.63 bits per heavy atom. The second-order valence-electron chi connectivity index (χ2n) is 7.15. The van der Waals surface area contributed by atoms with Crippen LogP contribution in [0.2, 0.25) is 0 Å². The predicted octanol–water partition coefficient (Wildman–Crippen LogP) is 1.52. The molecular weight excluding hydrogens is 344 g/mol. The number of nitrogens with zero attached hydrogens (tertiary/aromatic N) is 5. The number of nitrogens with one attached hydrogen (secondary N) is 3. The van der Waals surface area contributed by atoms with Crippen LogP contribution in [0.3, 0.4) is 0 Å². The summed E-state index contributed by atoms with van der Waals surface area (Å²) >= 11 is 0. The molecule has 3 heterocycles. The standard InChI is InChI=1S/C18H24N8O/c1-18(2,27)17-14(22-9-12-3-5-20-6-4-12)7-15(25-26-17)24-16-11-21-13(8-19)10-23-16/h7,10-12,20,27H,3-6,9H2,1-2H3,(H2,22,23,24,25). The molecule has 27 heavy (non-hydrogen) atoms.